The van der Waals surface area contributed by atoms with Crippen LogP contribution in [0.4, 0.5) is 0 Å². The van der Waals surface area contributed by atoms with Crippen molar-refractivity contribution in [1.82, 2.24) is 14.5 Å². The van der Waals surface area contributed by atoms with E-state index in [1.54, 1.807) is 0 Å². The summed E-state index contributed by atoms with van der Waals surface area (Å²) >= 11 is 6.17. The molecule has 0 aliphatic rings. The lowest BCUT2D eigenvalue weighted by Crippen LogP contribution is -2.02. The first kappa shape index (κ1) is 14.0. The molecule has 0 saturated carbocycles. The van der Waals surface area contributed by atoms with Gasteiger partial charge in [-0.2, -0.15) is 4.98 Å². The number of hydrogen-bond acceptors (Lipinski definition) is 2. The number of rotatable bonds is 2. The van der Waals surface area contributed by atoms with E-state index in [2.05, 4.69) is 40.2 Å². The van der Waals surface area contributed by atoms with Gasteiger partial charge in [0, 0.05) is 10.8 Å². The zero-order valence-electron chi connectivity index (χ0n) is 12.6. The number of benzene rings is 2. The second-order valence-corrected chi connectivity index (χ2v) is 5.74. The van der Waals surface area contributed by atoms with Crippen LogP contribution in [0.15, 0.2) is 55.1 Å². The number of para-hydroxylation sites is 2. The van der Waals surface area contributed by atoms with E-state index in [4.69, 9.17) is 11.6 Å². The summed E-state index contributed by atoms with van der Waals surface area (Å²) in [7, 11) is 0. The third-order valence-corrected chi connectivity index (χ3v) is 4.30. The van der Waals surface area contributed by atoms with Crippen LogP contribution in [-0.4, -0.2) is 14.5 Å². The molecular formula is C19H14ClN3. The predicted octanol–water partition coefficient (Wildman–Crippen LogP) is 5.18. The van der Waals surface area contributed by atoms with Gasteiger partial charge in [0.1, 0.15) is 0 Å². The Labute approximate surface area is 138 Å². The van der Waals surface area contributed by atoms with E-state index in [0.29, 0.717) is 0 Å². The molecule has 2 aromatic carbocycles. The van der Waals surface area contributed by atoms with Crippen LogP contribution in [0.3, 0.4) is 0 Å². The summed E-state index contributed by atoms with van der Waals surface area (Å²) in [5, 5.41) is 2.38. The van der Waals surface area contributed by atoms with Gasteiger partial charge in [-0.05, 0) is 48.4 Å². The zero-order valence-corrected chi connectivity index (χ0v) is 13.4. The Bertz CT molecular complexity index is 1060. The number of fused-ring (bicyclic) bond motifs is 2. The fourth-order valence-electron chi connectivity index (χ4n) is 3.10. The standard InChI is InChI=1S/C19H14ClN3/c1-3-16-12(2)13-8-5-7-11-17(13)23(16)18-14-9-4-6-10-15(14)21-19(20)22-18/h3-11H,1H2,2H3. The number of hydrogen-bond donors (Lipinski definition) is 0. The van der Waals surface area contributed by atoms with Crippen LogP contribution in [0, 0.1) is 6.92 Å². The molecule has 112 valence electrons. The van der Waals surface area contributed by atoms with Crippen molar-refractivity contribution >= 4 is 39.5 Å². The van der Waals surface area contributed by atoms with Crippen LogP contribution in [-0.2, 0) is 0 Å². The number of aryl methyl sites for hydroxylation is 1. The Morgan fingerprint density at radius 3 is 2.48 bits per heavy atom. The molecule has 0 saturated heterocycles. The van der Waals surface area contributed by atoms with Crippen LogP contribution in [0.5, 0.6) is 0 Å². The van der Waals surface area contributed by atoms with E-state index in [1.165, 1.54) is 10.9 Å². The van der Waals surface area contributed by atoms with E-state index in [-0.39, 0.29) is 5.28 Å². The minimum Gasteiger partial charge on any atom is -0.294 e. The lowest BCUT2D eigenvalue weighted by Gasteiger charge is -2.11. The van der Waals surface area contributed by atoms with Crippen molar-refractivity contribution in [2.75, 3.05) is 0 Å². The summed E-state index contributed by atoms with van der Waals surface area (Å²) in [6.45, 7) is 6.08. The molecule has 2 heterocycles. The monoisotopic (exact) mass is 319 g/mol. The minimum atomic E-state index is 0.240. The van der Waals surface area contributed by atoms with Gasteiger partial charge >= 0.3 is 0 Å². The first-order valence-electron chi connectivity index (χ1n) is 7.36. The van der Waals surface area contributed by atoms with Crippen LogP contribution < -0.4 is 0 Å². The van der Waals surface area contributed by atoms with Gasteiger partial charge in [0.15, 0.2) is 5.82 Å². The fraction of sp³-hybridized carbons (Fsp3) is 0.0526. The highest BCUT2D eigenvalue weighted by molar-refractivity contribution is 6.28. The van der Waals surface area contributed by atoms with Crippen LogP contribution >= 0.6 is 11.6 Å². The molecule has 0 spiro atoms. The molecule has 23 heavy (non-hydrogen) atoms. The topological polar surface area (TPSA) is 30.7 Å². The molecule has 0 bridgehead atoms. The average molecular weight is 320 g/mol. The van der Waals surface area contributed by atoms with Crippen LogP contribution in [0.25, 0.3) is 33.7 Å². The Kier molecular flexibility index (Phi) is 3.17. The molecule has 0 aliphatic carbocycles. The Hall–Kier alpha value is -2.65. The molecule has 4 heteroatoms. The highest BCUT2D eigenvalue weighted by atomic mass is 35.5. The van der Waals surface area contributed by atoms with Gasteiger partial charge < -0.3 is 0 Å². The van der Waals surface area contributed by atoms with Crippen molar-refractivity contribution in [3.63, 3.8) is 0 Å². The highest BCUT2D eigenvalue weighted by Crippen LogP contribution is 2.32. The van der Waals surface area contributed by atoms with E-state index < -0.39 is 0 Å². The van der Waals surface area contributed by atoms with Crippen molar-refractivity contribution in [3.8, 4) is 5.82 Å². The Morgan fingerprint density at radius 2 is 1.70 bits per heavy atom. The van der Waals surface area contributed by atoms with Crippen molar-refractivity contribution in [2.24, 2.45) is 0 Å². The number of nitrogens with zero attached hydrogens (tertiary/aromatic N) is 3. The van der Waals surface area contributed by atoms with Gasteiger partial charge in [-0.1, -0.05) is 36.9 Å². The second-order valence-electron chi connectivity index (χ2n) is 5.40. The highest BCUT2D eigenvalue weighted by Gasteiger charge is 2.17. The molecule has 0 atom stereocenters. The Balaban J connectivity index is 2.21. The van der Waals surface area contributed by atoms with Crippen LogP contribution in [0.1, 0.15) is 11.3 Å². The first-order valence-corrected chi connectivity index (χ1v) is 7.73. The van der Waals surface area contributed by atoms with Crippen molar-refractivity contribution in [1.29, 1.82) is 0 Å². The lowest BCUT2D eigenvalue weighted by molar-refractivity contribution is 1.02. The van der Waals surface area contributed by atoms with Gasteiger partial charge in [-0.25, -0.2) is 4.98 Å². The summed E-state index contributed by atoms with van der Waals surface area (Å²) in [4.78, 5) is 8.83. The van der Waals surface area contributed by atoms with Gasteiger partial charge in [0.2, 0.25) is 5.28 Å². The third kappa shape index (κ3) is 2.05. The molecule has 0 fully saturated rings. The lowest BCUT2D eigenvalue weighted by atomic mass is 10.1. The molecule has 3 nitrogen and oxygen atoms in total. The maximum absolute atomic E-state index is 6.17. The summed E-state index contributed by atoms with van der Waals surface area (Å²) in [5.41, 5.74) is 4.10. The maximum Gasteiger partial charge on any atom is 0.224 e. The summed E-state index contributed by atoms with van der Waals surface area (Å²) in [6.07, 6.45) is 1.86. The van der Waals surface area contributed by atoms with Gasteiger partial charge in [-0.15, -0.1) is 0 Å². The normalized spacial score (nSPS) is 11.2. The third-order valence-electron chi connectivity index (χ3n) is 4.14. The molecule has 0 aliphatic heterocycles. The summed E-state index contributed by atoms with van der Waals surface area (Å²) in [5.74, 6) is 0.778. The van der Waals surface area contributed by atoms with E-state index in [9.17, 15) is 0 Å². The number of aromatic nitrogens is 3. The SMILES string of the molecule is C=Cc1c(C)c2ccccc2n1-c1nc(Cl)nc2ccccc12. The van der Waals surface area contributed by atoms with Crippen molar-refractivity contribution in [2.45, 2.75) is 6.92 Å². The number of halogens is 1. The largest absolute Gasteiger partial charge is 0.294 e. The molecule has 0 radical (unpaired) electrons. The molecule has 2 aromatic heterocycles. The van der Waals surface area contributed by atoms with Crippen molar-refractivity contribution < 1.29 is 0 Å². The smallest absolute Gasteiger partial charge is 0.224 e. The molecule has 0 unspecified atom stereocenters. The van der Waals surface area contributed by atoms with Gasteiger partial charge in [0.25, 0.3) is 0 Å². The average Bonchev–Trinajstić information content (AvgIpc) is 2.86. The molecule has 4 aromatic rings. The van der Waals surface area contributed by atoms with Gasteiger partial charge in [0.05, 0.1) is 16.7 Å². The summed E-state index contributed by atoms with van der Waals surface area (Å²) in [6, 6.07) is 16.1. The van der Waals surface area contributed by atoms with E-state index in [1.807, 2.05) is 42.5 Å². The maximum atomic E-state index is 6.17. The first-order chi connectivity index (χ1) is 11.2. The molecule has 4 rings (SSSR count). The van der Waals surface area contributed by atoms with Gasteiger partial charge in [-0.3, -0.25) is 4.57 Å². The van der Waals surface area contributed by atoms with E-state index in [0.717, 1.165) is 27.9 Å². The second kappa shape index (κ2) is 5.21. The summed E-state index contributed by atoms with van der Waals surface area (Å²) < 4.78 is 2.10. The zero-order chi connectivity index (χ0) is 16.0. The van der Waals surface area contributed by atoms with Crippen LogP contribution in [0.2, 0.25) is 5.28 Å². The van der Waals surface area contributed by atoms with Crippen molar-refractivity contribution in [3.05, 3.63) is 71.7 Å². The molecule has 0 N–H and O–H groups in total. The minimum absolute atomic E-state index is 0.240. The predicted molar refractivity (Wildman–Crippen MR) is 96.2 cm³/mol. The molecule has 0 amide bonds. The quantitative estimate of drug-likeness (QED) is 0.477. The fourth-order valence-corrected chi connectivity index (χ4v) is 3.27. The Morgan fingerprint density at radius 1 is 1.00 bits per heavy atom. The van der Waals surface area contributed by atoms with E-state index >= 15 is 0 Å². The molecular weight excluding hydrogens is 306 g/mol.